The van der Waals surface area contributed by atoms with Crippen LogP contribution in [0.25, 0.3) is 0 Å². The van der Waals surface area contributed by atoms with Crippen LogP contribution in [0, 0.1) is 5.92 Å². The van der Waals surface area contributed by atoms with Crippen molar-refractivity contribution in [1.82, 2.24) is 10.2 Å². The second kappa shape index (κ2) is 6.92. The molecule has 1 heterocycles. The summed E-state index contributed by atoms with van der Waals surface area (Å²) < 4.78 is 5.22. The maximum atomic E-state index is 5.22. The molecule has 1 unspecified atom stereocenters. The van der Waals surface area contributed by atoms with E-state index in [1.54, 1.807) is 7.11 Å². The van der Waals surface area contributed by atoms with Crippen LogP contribution < -0.4 is 5.32 Å². The second-order valence-electron chi connectivity index (χ2n) is 5.65. The van der Waals surface area contributed by atoms with Gasteiger partial charge in [-0.05, 0) is 51.0 Å². The Kier molecular flexibility index (Phi) is 5.23. The molecule has 0 aromatic carbocycles. The minimum atomic E-state index is 0.393. The molecular weight excluding hydrogens is 236 g/mol. The van der Waals surface area contributed by atoms with Crippen molar-refractivity contribution in [3.8, 4) is 0 Å². The number of nitrogens with one attached hydrogen (secondary N) is 1. The van der Waals surface area contributed by atoms with Gasteiger partial charge in [-0.3, -0.25) is 0 Å². The number of hydrogen-bond acceptors (Lipinski definition) is 3. The van der Waals surface area contributed by atoms with Crippen LogP contribution in [0.5, 0.6) is 0 Å². The standard InChI is InChI=1S/C16H26N2O/c1-13(12-19-3)15-6-4-5-7-16(15)17-14-8-10-18(2)11-9-14/h4-5,7,14-15,17H,1,6,8-12H2,2-3H3. The number of piperidine rings is 1. The van der Waals surface area contributed by atoms with Gasteiger partial charge in [-0.1, -0.05) is 18.7 Å². The summed E-state index contributed by atoms with van der Waals surface area (Å²) in [6.07, 6.45) is 10.0. The number of nitrogens with zero attached hydrogens (tertiary/aromatic N) is 1. The molecule has 3 heteroatoms. The Balaban J connectivity index is 1.94. The maximum Gasteiger partial charge on any atom is 0.0677 e. The number of rotatable bonds is 5. The molecule has 0 radical (unpaired) electrons. The molecule has 106 valence electrons. The molecule has 0 aromatic rings. The Morgan fingerprint density at radius 2 is 2.21 bits per heavy atom. The van der Waals surface area contributed by atoms with Crippen LogP contribution in [0.2, 0.25) is 0 Å². The fourth-order valence-corrected chi connectivity index (χ4v) is 2.84. The van der Waals surface area contributed by atoms with E-state index in [9.17, 15) is 0 Å². The summed E-state index contributed by atoms with van der Waals surface area (Å²) in [5.41, 5.74) is 2.48. The Morgan fingerprint density at radius 1 is 1.47 bits per heavy atom. The number of methoxy groups -OCH3 is 1. The van der Waals surface area contributed by atoms with Crippen LogP contribution in [0.15, 0.2) is 36.1 Å². The van der Waals surface area contributed by atoms with E-state index in [-0.39, 0.29) is 0 Å². The molecule has 0 saturated carbocycles. The zero-order chi connectivity index (χ0) is 13.7. The zero-order valence-electron chi connectivity index (χ0n) is 12.2. The molecule has 0 bridgehead atoms. The lowest BCUT2D eigenvalue weighted by Gasteiger charge is -2.33. The predicted octanol–water partition coefficient (Wildman–Crippen LogP) is 2.33. The van der Waals surface area contributed by atoms with Crippen LogP contribution in [0.3, 0.4) is 0 Å². The van der Waals surface area contributed by atoms with Crippen molar-refractivity contribution in [2.45, 2.75) is 25.3 Å². The van der Waals surface area contributed by atoms with E-state index in [0.717, 1.165) is 6.42 Å². The summed E-state index contributed by atoms with van der Waals surface area (Å²) in [7, 11) is 3.93. The summed E-state index contributed by atoms with van der Waals surface area (Å²) in [5, 5.41) is 3.73. The molecule has 1 aliphatic heterocycles. The average molecular weight is 262 g/mol. The summed E-state index contributed by atoms with van der Waals surface area (Å²) in [4.78, 5) is 2.40. The molecule has 2 aliphatic rings. The number of hydrogen-bond donors (Lipinski definition) is 1. The van der Waals surface area contributed by atoms with Gasteiger partial charge in [0.2, 0.25) is 0 Å². The first-order chi connectivity index (χ1) is 9.20. The molecule has 2 rings (SSSR count). The van der Waals surface area contributed by atoms with Gasteiger partial charge in [0, 0.05) is 24.8 Å². The molecule has 1 saturated heterocycles. The van der Waals surface area contributed by atoms with Crippen molar-refractivity contribution < 1.29 is 4.74 Å². The smallest absolute Gasteiger partial charge is 0.0677 e. The molecule has 0 spiro atoms. The van der Waals surface area contributed by atoms with Crippen LogP contribution in [-0.2, 0) is 4.74 Å². The summed E-state index contributed by atoms with van der Waals surface area (Å²) in [6.45, 7) is 7.19. The van der Waals surface area contributed by atoms with Gasteiger partial charge in [-0.15, -0.1) is 0 Å². The lowest BCUT2D eigenvalue weighted by Crippen LogP contribution is -2.42. The number of allylic oxidation sites excluding steroid dienone is 4. The van der Waals surface area contributed by atoms with Gasteiger partial charge in [0.1, 0.15) is 0 Å². The Bertz CT molecular complexity index is 365. The SMILES string of the molecule is C=C(COC)C1CC=CC=C1NC1CCN(C)CC1. The van der Waals surface area contributed by atoms with Crippen LogP contribution in [0.1, 0.15) is 19.3 Å². The third-order valence-electron chi connectivity index (χ3n) is 4.07. The van der Waals surface area contributed by atoms with Crippen molar-refractivity contribution in [3.05, 3.63) is 36.1 Å². The quantitative estimate of drug-likeness (QED) is 0.770. The summed E-state index contributed by atoms with van der Waals surface area (Å²) in [6, 6.07) is 0.604. The van der Waals surface area contributed by atoms with Crippen molar-refractivity contribution in [2.24, 2.45) is 5.92 Å². The first kappa shape index (κ1) is 14.4. The highest BCUT2D eigenvalue weighted by Crippen LogP contribution is 2.26. The highest BCUT2D eigenvalue weighted by molar-refractivity contribution is 5.28. The van der Waals surface area contributed by atoms with Crippen molar-refractivity contribution in [2.75, 3.05) is 33.9 Å². The van der Waals surface area contributed by atoms with Gasteiger partial charge < -0.3 is 15.0 Å². The van der Waals surface area contributed by atoms with Gasteiger partial charge in [-0.2, -0.15) is 0 Å². The van der Waals surface area contributed by atoms with E-state index in [1.807, 2.05) is 0 Å². The number of likely N-dealkylation sites (tertiary alicyclic amines) is 1. The molecule has 1 atom stereocenters. The number of ether oxygens (including phenoxy) is 1. The minimum Gasteiger partial charge on any atom is -0.385 e. The van der Waals surface area contributed by atoms with Gasteiger partial charge in [-0.25, -0.2) is 0 Å². The Labute approximate surface area is 117 Å². The van der Waals surface area contributed by atoms with Gasteiger partial charge in [0.05, 0.1) is 6.61 Å². The maximum absolute atomic E-state index is 5.22. The fraction of sp³-hybridized carbons (Fsp3) is 0.625. The van der Waals surface area contributed by atoms with E-state index < -0.39 is 0 Å². The van der Waals surface area contributed by atoms with Crippen molar-refractivity contribution >= 4 is 0 Å². The normalized spacial score (nSPS) is 25.2. The highest BCUT2D eigenvalue weighted by Gasteiger charge is 2.23. The minimum absolute atomic E-state index is 0.393. The third kappa shape index (κ3) is 3.95. The molecular formula is C16H26N2O. The van der Waals surface area contributed by atoms with Gasteiger partial charge in [0.15, 0.2) is 0 Å². The van der Waals surface area contributed by atoms with Gasteiger partial charge >= 0.3 is 0 Å². The average Bonchev–Trinajstić information content (AvgIpc) is 2.42. The largest absolute Gasteiger partial charge is 0.385 e. The first-order valence-electron chi connectivity index (χ1n) is 7.19. The molecule has 0 aromatic heterocycles. The summed E-state index contributed by atoms with van der Waals surface area (Å²) >= 11 is 0. The van der Waals surface area contributed by atoms with E-state index in [1.165, 1.54) is 37.2 Å². The van der Waals surface area contributed by atoms with Gasteiger partial charge in [0.25, 0.3) is 0 Å². The van der Waals surface area contributed by atoms with E-state index in [4.69, 9.17) is 4.74 Å². The fourth-order valence-electron chi connectivity index (χ4n) is 2.84. The Hall–Kier alpha value is -1.06. The molecule has 0 amide bonds. The monoisotopic (exact) mass is 262 g/mol. The van der Waals surface area contributed by atoms with Crippen molar-refractivity contribution in [3.63, 3.8) is 0 Å². The Morgan fingerprint density at radius 3 is 2.89 bits per heavy atom. The topological polar surface area (TPSA) is 24.5 Å². The molecule has 1 fully saturated rings. The third-order valence-corrected chi connectivity index (χ3v) is 4.07. The molecule has 19 heavy (non-hydrogen) atoms. The predicted molar refractivity (Wildman–Crippen MR) is 80.0 cm³/mol. The lowest BCUT2D eigenvalue weighted by atomic mass is 9.89. The van der Waals surface area contributed by atoms with Crippen molar-refractivity contribution in [1.29, 1.82) is 0 Å². The summed E-state index contributed by atoms with van der Waals surface area (Å²) in [5.74, 6) is 0.393. The van der Waals surface area contributed by atoms with E-state index in [0.29, 0.717) is 18.6 Å². The zero-order valence-corrected chi connectivity index (χ0v) is 12.2. The molecule has 1 aliphatic carbocycles. The lowest BCUT2D eigenvalue weighted by molar-refractivity contribution is 0.215. The molecule has 3 nitrogen and oxygen atoms in total. The van der Waals surface area contributed by atoms with E-state index in [2.05, 4.69) is 42.1 Å². The second-order valence-corrected chi connectivity index (χ2v) is 5.65. The molecule has 1 N–H and O–H groups in total. The van der Waals surface area contributed by atoms with E-state index >= 15 is 0 Å². The highest BCUT2D eigenvalue weighted by atomic mass is 16.5. The van der Waals surface area contributed by atoms with Crippen LogP contribution >= 0.6 is 0 Å². The first-order valence-corrected chi connectivity index (χ1v) is 7.19. The van der Waals surface area contributed by atoms with Crippen LogP contribution in [-0.4, -0.2) is 44.8 Å². The van der Waals surface area contributed by atoms with Crippen LogP contribution in [0.4, 0.5) is 0 Å².